The Balaban J connectivity index is 1.99. The zero-order chi connectivity index (χ0) is 14.3. The molecule has 1 N–H and O–H groups in total. The summed E-state index contributed by atoms with van der Waals surface area (Å²) in [5.41, 5.74) is 0.966. The molecule has 104 valence electrons. The molecule has 0 aromatic heterocycles. The van der Waals surface area contributed by atoms with E-state index in [2.05, 4.69) is 0 Å². The van der Waals surface area contributed by atoms with E-state index in [1.165, 1.54) is 18.2 Å². The largest absolute Gasteiger partial charge is 0.485 e. The molecule has 0 radical (unpaired) electrons. The molecule has 0 saturated carbocycles. The fraction of sp³-hybridized carbons (Fsp3) is 0.200. The van der Waals surface area contributed by atoms with Crippen LogP contribution < -0.4 is 4.74 Å². The van der Waals surface area contributed by atoms with Gasteiger partial charge in [-0.15, -0.1) is 0 Å². The Morgan fingerprint density at radius 1 is 1.05 bits per heavy atom. The predicted octanol–water partition coefficient (Wildman–Crippen LogP) is 4.69. The highest BCUT2D eigenvalue weighted by atomic mass is 35.5. The second-order valence-corrected chi connectivity index (χ2v) is 5.58. The van der Waals surface area contributed by atoms with E-state index in [4.69, 9.17) is 27.9 Å². The monoisotopic (exact) mass is 312 g/mol. The number of halogens is 3. The van der Waals surface area contributed by atoms with Crippen molar-refractivity contribution in [3.8, 4) is 5.75 Å². The van der Waals surface area contributed by atoms with Crippen molar-refractivity contribution in [3.05, 3.63) is 63.4 Å². The van der Waals surface area contributed by atoms with E-state index >= 15 is 0 Å². The zero-order valence-electron chi connectivity index (χ0n) is 10.3. The zero-order valence-corrected chi connectivity index (χ0v) is 11.8. The van der Waals surface area contributed by atoms with Crippen LogP contribution in [0, 0.1) is 5.82 Å². The van der Waals surface area contributed by atoms with Gasteiger partial charge in [0.05, 0.1) is 6.10 Å². The Bertz CT molecular complexity index is 660. The molecule has 2 aromatic rings. The van der Waals surface area contributed by atoms with Crippen LogP contribution in [0.2, 0.25) is 10.0 Å². The maximum absolute atomic E-state index is 13.9. The minimum Gasteiger partial charge on any atom is -0.485 e. The molecule has 3 rings (SSSR count). The third kappa shape index (κ3) is 2.49. The molecule has 2 nitrogen and oxygen atoms in total. The number of benzene rings is 2. The molecule has 0 aliphatic carbocycles. The summed E-state index contributed by atoms with van der Waals surface area (Å²) in [4.78, 5) is 0. The lowest BCUT2D eigenvalue weighted by atomic mass is 9.95. The van der Waals surface area contributed by atoms with Crippen molar-refractivity contribution in [2.45, 2.75) is 18.6 Å². The molecule has 0 fully saturated rings. The minimum absolute atomic E-state index is 0.255. The lowest BCUT2D eigenvalue weighted by Gasteiger charge is -2.30. The number of aliphatic hydroxyl groups excluding tert-OH is 1. The van der Waals surface area contributed by atoms with Gasteiger partial charge in [0.25, 0.3) is 0 Å². The fourth-order valence-corrected chi connectivity index (χ4v) is 2.73. The van der Waals surface area contributed by atoms with E-state index in [9.17, 15) is 9.50 Å². The molecular weight excluding hydrogens is 302 g/mol. The van der Waals surface area contributed by atoms with Gasteiger partial charge >= 0.3 is 0 Å². The highest BCUT2D eigenvalue weighted by Crippen LogP contribution is 2.42. The number of hydrogen-bond acceptors (Lipinski definition) is 2. The summed E-state index contributed by atoms with van der Waals surface area (Å²) in [5, 5.41) is 11.1. The summed E-state index contributed by atoms with van der Waals surface area (Å²) in [6.07, 6.45) is -1.07. The average molecular weight is 313 g/mol. The SMILES string of the molecule is O[C@@H]1CC(c2cc(Cl)ccc2F)Oc2ccc(Cl)cc21. The Kier molecular flexibility index (Phi) is 3.59. The number of rotatable bonds is 1. The van der Waals surface area contributed by atoms with Gasteiger partial charge in [-0.2, -0.15) is 0 Å². The fourth-order valence-electron chi connectivity index (χ4n) is 2.37. The molecule has 20 heavy (non-hydrogen) atoms. The highest BCUT2D eigenvalue weighted by Gasteiger charge is 2.30. The topological polar surface area (TPSA) is 29.5 Å². The number of fused-ring (bicyclic) bond motifs is 1. The summed E-state index contributed by atoms with van der Waals surface area (Å²) in [5.74, 6) is 0.113. The summed E-state index contributed by atoms with van der Waals surface area (Å²) < 4.78 is 19.6. The molecule has 2 aromatic carbocycles. The summed E-state index contributed by atoms with van der Waals surface area (Å²) >= 11 is 11.8. The van der Waals surface area contributed by atoms with Crippen molar-refractivity contribution in [3.63, 3.8) is 0 Å². The Labute approximate surface area is 125 Å². The van der Waals surface area contributed by atoms with Crippen molar-refractivity contribution in [1.29, 1.82) is 0 Å². The van der Waals surface area contributed by atoms with Gasteiger partial charge in [-0.25, -0.2) is 4.39 Å². The van der Waals surface area contributed by atoms with E-state index in [0.29, 0.717) is 26.9 Å². The van der Waals surface area contributed by atoms with Crippen molar-refractivity contribution >= 4 is 23.2 Å². The summed E-state index contributed by atoms with van der Waals surface area (Å²) in [6, 6.07) is 9.30. The van der Waals surface area contributed by atoms with Crippen LogP contribution in [-0.2, 0) is 0 Å². The Hall–Kier alpha value is -1.29. The van der Waals surface area contributed by atoms with Gasteiger partial charge < -0.3 is 9.84 Å². The lowest BCUT2D eigenvalue weighted by Crippen LogP contribution is -2.20. The van der Waals surface area contributed by atoms with E-state index in [1.54, 1.807) is 18.2 Å². The van der Waals surface area contributed by atoms with Crippen LogP contribution >= 0.6 is 23.2 Å². The third-order valence-electron chi connectivity index (χ3n) is 3.34. The molecule has 0 spiro atoms. The van der Waals surface area contributed by atoms with E-state index in [-0.39, 0.29) is 6.42 Å². The van der Waals surface area contributed by atoms with Crippen LogP contribution in [0.3, 0.4) is 0 Å². The van der Waals surface area contributed by atoms with Gasteiger partial charge in [-0.1, -0.05) is 23.2 Å². The first-order valence-electron chi connectivity index (χ1n) is 6.13. The first-order valence-corrected chi connectivity index (χ1v) is 6.89. The molecule has 1 aliphatic heterocycles. The molecule has 0 amide bonds. The molecule has 1 aliphatic rings. The number of ether oxygens (including phenoxy) is 1. The molecule has 5 heteroatoms. The van der Waals surface area contributed by atoms with Gasteiger partial charge in [0.2, 0.25) is 0 Å². The number of hydrogen-bond donors (Lipinski definition) is 1. The Morgan fingerprint density at radius 2 is 1.70 bits per heavy atom. The van der Waals surface area contributed by atoms with Crippen molar-refractivity contribution < 1.29 is 14.2 Å². The van der Waals surface area contributed by atoms with Gasteiger partial charge in [-0.05, 0) is 36.4 Å². The van der Waals surface area contributed by atoms with E-state index < -0.39 is 18.0 Å². The van der Waals surface area contributed by atoms with Crippen molar-refractivity contribution in [2.24, 2.45) is 0 Å². The van der Waals surface area contributed by atoms with E-state index in [0.717, 1.165) is 0 Å². The van der Waals surface area contributed by atoms with Gasteiger partial charge in [-0.3, -0.25) is 0 Å². The molecule has 1 unspecified atom stereocenters. The Morgan fingerprint density at radius 3 is 2.45 bits per heavy atom. The third-order valence-corrected chi connectivity index (χ3v) is 3.81. The van der Waals surface area contributed by atoms with Crippen LogP contribution in [-0.4, -0.2) is 5.11 Å². The minimum atomic E-state index is -0.749. The molecular formula is C15H11Cl2FO2. The van der Waals surface area contributed by atoms with Gasteiger partial charge in [0.1, 0.15) is 17.7 Å². The first kappa shape index (κ1) is 13.7. The van der Waals surface area contributed by atoms with Crippen molar-refractivity contribution in [1.82, 2.24) is 0 Å². The van der Waals surface area contributed by atoms with Gasteiger partial charge in [0.15, 0.2) is 0 Å². The summed E-state index contributed by atoms with van der Waals surface area (Å²) in [7, 11) is 0. The second kappa shape index (κ2) is 5.24. The standard InChI is InChI=1S/C15H11Cl2FO2/c16-8-1-3-12(18)10(5-8)15-7-13(19)11-6-9(17)2-4-14(11)20-15/h1-6,13,15,19H,7H2/t13-,15?/m1/s1. The van der Waals surface area contributed by atoms with Gasteiger partial charge in [0, 0.05) is 27.6 Å². The van der Waals surface area contributed by atoms with E-state index in [1.807, 2.05) is 0 Å². The van der Waals surface area contributed by atoms with Crippen LogP contribution in [0.1, 0.15) is 29.8 Å². The van der Waals surface area contributed by atoms with Crippen LogP contribution in [0.25, 0.3) is 0 Å². The molecule has 2 atom stereocenters. The first-order chi connectivity index (χ1) is 9.54. The normalized spacial score (nSPS) is 21.2. The van der Waals surface area contributed by atoms with Crippen molar-refractivity contribution in [2.75, 3.05) is 0 Å². The summed E-state index contributed by atoms with van der Waals surface area (Å²) in [6.45, 7) is 0. The highest BCUT2D eigenvalue weighted by molar-refractivity contribution is 6.31. The van der Waals surface area contributed by atoms with Crippen LogP contribution in [0.4, 0.5) is 4.39 Å². The predicted molar refractivity (Wildman–Crippen MR) is 75.8 cm³/mol. The van der Waals surface area contributed by atoms with Crippen LogP contribution in [0.5, 0.6) is 5.75 Å². The molecule has 0 saturated heterocycles. The maximum atomic E-state index is 13.9. The van der Waals surface area contributed by atoms with Crippen LogP contribution in [0.15, 0.2) is 36.4 Å². The molecule has 1 heterocycles. The number of aliphatic hydroxyl groups is 1. The maximum Gasteiger partial charge on any atom is 0.130 e. The average Bonchev–Trinajstić information content (AvgIpc) is 2.42. The lowest BCUT2D eigenvalue weighted by molar-refractivity contribution is 0.0640. The molecule has 0 bridgehead atoms. The smallest absolute Gasteiger partial charge is 0.130 e. The quantitative estimate of drug-likeness (QED) is 0.827. The second-order valence-electron chi connectivity index (χ2n) is 4.71.